The second-order valence-electron chi connectivity index (χ2n) is 5.23. The molecule has 6 nitrogen and oxygen atoms in total. The van der Waals surface area contributed by atoms with Gasteiger partial charge >= 0.3 is 0 Å². The van der Waals surface area contributed by atoms with E-state index in [2.05, 4.69) is 15.8 Å². The average Bonchev–Trinajstić information content (AvgIpc) is 2.87. The number of nitrogens with zero attached hydrogens (tertiary/aromatic N) is 1. The fraction of sp³-hybridized carbons (Fsp3) is 0.312. The van der Waals surface area contributed by atoms with Gasteiger partial charge in [0, 0.05) is 11.6 Å². The highest BCUT2D eigenvalue weighted by molar-refractivity contribution is 6.02. The van der Waals surface area contributed by atoms with Crippen LogP contribution in [0.3, 0.4) is 0 Å². The van der Waals surface area contributed by atoms with E-state index in [1.165, 1.54) is 0 Å². The van der Waals surface area contributed by atoms with E-state index in [0.29, 0.717) is 17.0 Å². The molecule has 2 rings (SSSR count). The molecule has 0 aliphatic rings. The Kier molecular flexibility index (Phi) is 4.93. The van der Waals surface area contributed by atoms with Crippen molar-refractivity contribution < 1.29 is 14.1 Å². The largest absolute Gasteiger partial charge is 0.360 e. The monoisotopic (exact) mass is 301 g/mol. The Bertz CT molecular complexity index is 663. The lowest BCUT2D eigenvalue weighted by molar-refractivity contribution is -0.120. The van der Waals surface area contributed by atoms with Gasteiger partial charge in [-0.3, -0.25) is 9.59 Å². The Labute approximate surface area is 128 Å². The Hall–Kier alpha value is -2.63. The summed E-state index contributed by atoms with van der Waals surface area (Å²) in [6.07, 6.45) is 0. The van der Waals surface area contributed by atoms with Gasteiger partial charge in [-0.2, -0.15) is 0 Å². The molecule has 6 heteroatoms. The number of aryl methyl sites for hydroxylation is 1. The highest BCUT2D eigenvalue weighted by Gasteiger charge is 2.21. The van der Waals surface area contributed by atoms with Gasteiger partial charge in [-0.15, -0.1) is 0 Å². The van der Waals surface area contributed by atoms with Crippen LogP contribution in [0.2, 0.25) is 0 Å². The topological polar surface area (TPSA) is 84.2 Å². The highest BCUT2D eigenvalue weighted by atomic mass is 16.5. The van der Waals surface area contributed by atoms with Crippen LogP contribution in [0.5, 0.6) is 0 Å². The minimum atomic E-state index is -0.378. The summed E-state index contributed by atoms with van der Waals surface area (Å²) in [6.45, 7) is 5.30. The molecule has 0 saturated carbocycles. The Morgan fingerprint density at radius 3 is 2.55 bits per heavy atom. The zero-order chi connectivity index (χ0) is 16.1. The lowest BCUT2D eigenvalue weighted by Crippen LogP contribution is -2.40. The van der Waals surface area contributed by atoms with Crippen LogP contribution in [0, 0.1) is 6.92 Å². The van der Waals surface area contributed by atoms with Crippen molar-refractivity contribution in [3.63, 3.8) is 0 Å². The second kappa shape index (κ2) is 6.89. The summed E-state index contributed by atoms with van der Waals surface area (Å²) in [5.41, 5.74) is 1.61. The third-order valence-electron chi connectivity index (χ3n) is 3.00. The number of hydrogen-bond acceptors (Lipinski definition) is 4. The Balaban J connectivity index is 2.14. The predicted molar refractivity (Wildman–Crippen MR) is 82.3 cm³/mol. The van der Waals surface area contributed by atoms with Gasteiger partial charge in [0.1, 0.15) is 17.0 Å². The molecule has 2 N–H and O–H groups in total. The summed E-state index contributed by atoms with van der Waals surface area (Å²) >= 11 is 0. The number of hydrogen-bond donors (Lipinski definition) is 2. The first-order valence-electron chi connectivity index (χ1n) is 7.08. The third-order valence-corrected chi connectivity index (χ3v) is 3.00. The van der Waals surface area contributed by atoms with Crippen molar-refractivity contribution in [2.45, 2.75) is 26.8 Å². The van der Waals surface area contributed by atoms with E-state index in [1.807, 2.05) is 44.2 Å². The Morgan fingerprint density at radius 2 is 1.91 bits per heavy atom. The van der Waals surface area contributed by atoms with E-state index in [1.54, 1.807) is 6.92 Å². The molecule has 0 bridgehead atoms. The van der Waals surface area contributed by atoms with E-state index < -0.39 is 0 Å². The fourth-order valence-electron chi connectivity index (χ4n) is 2.05. The molecule has 116 valence electrons. The minimum absolute atomic E-state index is 0.0293. The number of carbonyl (C=O) groups excluding carboxylic acids is 2. The van der Waals surface area contributed by atoms with Crippen molar-refractivity contribution in [2.75, 3.05) is 6.54 Å². The van der Waals surface area contributed by atoms with Gasteiger partial charge in [0.2, 0.25) is 5.91 Å². The van der Waals surface area contributed by atoms with Gasteiger partial charge in [0.25, 0.3) is 5.91 Å². The maximum Gasteiger partial charge on any atom is 0.257 e. The molecule has 22 heavy (non-hydrogen) atoms. The molecule has 1 heterocycles. The smallest absolute Gasteiger partial charge is 0.257 e. The van der Waals surface area contributed by atoms with Gasteiger partial charge in [0.15, 0.2) is 0 Å². The summed E-state index contributed by atoms with van der Waals surface area (Å²) in [5.74, 6) is -0.198. The second-order valence-corrected chi connectivity index (χ2v) is 5.23. The van der Waals surface area contributed by atoms with Crippen molar-refractivity contribution in [2.24, 2.45) is 0 Å². The van der Waals surface area contributed by atoms with Crippen molar-refractivity contribution in [1.82, 2.24) is 15.8 Å². The zero-order valence-corrected chi connectivity index (χ0v) is 12.8. The molecule has 0 saturated heterocycles. The van der Waals surface area contributed by atoms with Gasteiger partial charge < -0.3 is 15.2 Å². The van der Waals surface area contributed by atoms with E-state index in [0.717, 1.165) is 5.56 Å². The molecule has 1 aromatic carbocycles. The maximum atomic E-state index is 12.3. The molecule has 0 unspecified atom stereocenters. The van der Waals surface area contributed by atoms with Crippen LogP contribution >= 0.6 is 0 Å². The number of benzene rings is 1. The normalized spacial score (nSPS) is 10.5. The van der Waals surface area contributed by atoms with E-state index in [-0.39, 0.29) is 24.4 Å². The number of carbonyl (C=O) groups is 2. The summed E-state index contributed by atoms with van der Waals surface area (Å²) in [5, 5.41) is 9.25. The third kappa shape index (κ3) is 3.72. The van der Waals surface area contributed by atoms with Crippen LogP contribution in [0.15, 0.2) is 34.9 Å². The summed E-state index contributed by atoms with van der Waals surface area (Å²) in [4.78, 5) is 23.9. The number of aromatic nitrogens is 1. The quantitative estimate of drug-likeness (QED) is 0.883. The van der Waals surface area contributed by atoms with E-state index in [9.17, 15) is 9.59 Å². The molecular weight excluding hydrogens is 282 g/mol. The van der Waals surface area contributed by atoms with Crippen LogP contribution in [-0.2, 0) is 4.79 Å². The average molecular weight is 301 g/mol. The van der Waals surface area contributed by atoms with Gasteiger partial charge in [-0.25, -0.2) is 0 Å². The highest BCUT2D eigenvalue weighted by Crippen LogP contribution is 2.24. The lowest BCUT2D eigenvalue weighted by Gasteiger charge is -2.09. The summed E-state index contributed by atoms with van der Waals surface area (Å²) in [6, 6.07) is 9.32. The summed E-state index contributed by atoms with van der Waals surface area (Å²) in [7, 11) is 0. The van der Waals surface area contributed by atoms with Gasteiger partial charge in [0.05, 0.1) is 6.54 Å². The standard InChI is InChI=1S/C16H19N3O3/c1-10(2)18-13(20)9-17-16(21)14-11(3)22-19-15(14)12-7-5-4-6-8-12/h4-8,10H,9H2,1-3H3,(H,17,21)(H,18,20). The van der Waals surface area contributed by atoms with Gasteiger partial charge in [-0.05, 0) is 20.8 Å². The SMILES string of the molecule is Cc1onc(-c2ccccc2)c1C(=O)NCC(=O)NC(C)C. The van der Waals surface area contributed by atoms with Crippen LogP contribution in [-0.4, -0.2) is 29.6 Å². The molecule has 0 spiro atoms. The minimum Gasteiger partial charge on any atom is -0.360 e. The first-order chi connectivity index (χ1) is 10.5. The molecule has 2 amide bonds. The maximum absolute atomic E-state index is 12.3. The van der Waals surface area contributed by atoms with E-state index >= 15 is 0 Å². The number of rotatable bonds is 5. The molecule has 0 radical (unpaired) electrons. The molecule has 0 atom stereocenters. The van der Waals surface area contributed by atoms with Gasteiger partial charge in [-0.1, -0.05) is 35.5 Å². The fourth-order valence-corrected chi connectivity index (χ4v) is 2.05. The molecular formula is C16H19N3O3. The lowest BCUT2D eigenvalue weighted by atomic mass is 10.1. The molecule has 2 aromatic rings. The molecule has 0 fully saturated rings. The van der Waals surface area contributed by atoms with Crippen molar-refractivity contribution in [3.05, 3.63) is 41.7 Å². The van der Waals surface area contributed by atoms with Crippen molar-refractivity contribution in [1.29, 1.82) is 0 Å². The molecule has 0 aliphatic heterocycles. The van der Waals surface area contributed by atoms with Crippen LogP contribution in [0.25, 0.3) is 11.3 Å². The predicted octanol–water partition coefficient (Wildman–Crippen LogP) is 1.90. The van der Waals surface area contributed by atoms with Crippen LogP contribution < -0.4 is 10.6 Å². The van der Waals surface area contributed by atoms with E-state index in [4.69, 9.17) is 4.52 Å². The number of amides is 2. The summed E-state index contributed by atoms with van der Waals surface area (Å²) < 4.78 is 5.13. The molecule has 1 aromatic heterocycles. The van der Waals surface area contributed by atoms with Crippen molar-refractivity contribution >= 4 is 11.8 Å². The molecule has 0 aliphatic carbocycles. The number of nitrogens with one attached hydrogen (secondary N) is 2. The Morgan fingerprint density at radius 1 is 1.23 bits per heavy atom. The van der Waals surface area contributed by atoms with Crippen LogP contribution in [0.4, 0.5) is 0 Å². The van der Waals surface area contributed by atoms with Crippen molar-refractivity contribution in [3.8, 4) is 11.3 Å². The first-order valence-corrected chi connectivity index (χ1v) is 7.08. The zero-order valence-electron chi connectivity index (χ0n) is 12.8. The first kappa shape index (κ1) is 15.8. The van der Waals surface area contributed by atoms with Crippen LogP contribution in [0.1, 0.15) is 30.0 Å².